The number of halogens is 2. The molecule has 3 atom stereocenters. The number of benzene rings is 2. The molecule has 2 aromatic rings. The van der Waals surface area contributed by atoms with Crippen LogP contribution in [-0.4, -0.2) is 124 Å². The van der Waals surface area contributed by atoms with Gasteiger partial charge in [-0.1, -0.05) is 30.3 Å². The minimum atomic E-state index is -1.07. The molecule has 0 spiro atoms. The Balaban J connectivity index is 0.000000489. The van der Waals surface area contributed by atoms with Gasteiger partial charge in [0.05, 0.1) is 11.7 Å². The molecule has 0 saturated carbocycles. The minimum absolute atomic E-state index is 0.00689. The van der Waals surface area contributed by atoms with E-state index < -0.39 is 53.6 Å². The average molecular weight is 835 g/mol. The molecule has 14 nitrogen and oxygen atoms in total. The van der Waals surface area contributed by atoms with Gasteiger partial charge in [-0.15, -0.1) is 0 Å². The smallest absolute Gasteiger partial charge is 0.410 e. The third-order valence-corrected chi connectivity index (χ3v) is 10.8. The number of carbonyl (C=O) groups is 6. The largest absolute Gasteiger partial charge is 0.453 e. The third-order valence-electron chi connectivity index (χ3n) is 10.8. The SMILES string of the molecule is CC(=O)O[C@@H](C)C(=O)N(C)C(C1CCN(C(=O)CCN2C(=O)C=CC2=O)CC1)C1NC(c2cc(F)ccc2F)=CN1Cc1ccccc1.CC(C)(C)OC(=O)N1CCCC1. The van der Waals surface area contributed by atoms with Crippen molar-refractivity contribution in [1.29, 1.82) is 0 Å². The third kappa shape index (κ3) is 11.9. The van der Waals surface area contributed by atoms with Crippen LogP contribution in [0, 0.1) is 17.6 Å². The lowest BCUT2D eigenvalue weighted by Crippen LogP contribution is -2.60. The van der Waals surface area contributed by atoms with Crippen LogP contribution in [0.2, 0.25) is 0 Å². The van der Waals surface area contributed by atoms with E-state index in [-0.39, 0.29) is 42.0 Å². The van der Waals surface area contributed by atoms with Crippen molar-refractivity contribution in [2.75, 3.05) is 39.8 Å². The van der Waals surface area contributed by atoms with Crippen LogP contribution in [0.15, 0.2) is 66.9 Å². The van der Waals surface area contributed by atoms with Crippen molar-refractivity contribution in [3.8, 4) is 0 Å². The Morgan fingerprint density at radius 2 is 1.55 bits per heavy atom. The fourth-order valence-electron chi connectivity index (χ4n) is 7.85. The van der Waals surface area contributed by atoms with Gasteiger partial charge in [0.25, 0.3) is 17.7 Å². The predicted molar refractivity (Wildman–Crippen MR) is 218 cm³/mol. The van der Waals surface area contributed by atoms with Gasteiger partial charge in [0.1, 0.15) is 23.4 Å². The van der Waals surface area contributed by atoms with Gasteiger partial charge in [0.15, 0.2) is 6.10 Å². The molecule has 4 aliphatic heterocycles. The predicted octanol–water partition coefficient (Wildman–Crippen LogP) is 5.04. The van der Waals surface area contributed by atoms with Crippen molar-refractivity contribution in [1.82, 2.24) is 29.8 Å². The number of nitrogens with one attached hydrogen (secondary N) is 1. The van der Waals surface area contributed by atoms with Crippen LogP contribution in [0.4, 0.5) is 13.6 Å². The number of hydrogen-bond acceptors (Lipinski definition) is 10. The molecule has 16 heteroatoms. The lowest BCUT2D eigenvalue weighted by Gasteiger charge is -2.45. The number of rotatable bonds is 11. The lowest BCUT2D eigenvalue weighted by atomic mass is 9.85. The number of piperidine rings is 1. The summed E-state index contributed by atoms with van der Waals surface area (Å²) in [6.07, 6.45) is 5.46. The first-order valence-electron chi connectivity index (χ1n) is 20.4. The van der Waals surface area contributed by atoms with Crippen LogP contribution >= 0.6 is 0 Å². The Bertz CT molecular complexity index is 1940. The van der Waals surface area contributed by atoms with Crippen LogP contribution in [0.25, 0.3) is 5.70 Å². The number of carbonyl (C=O) groups excluding carboxylic acids is 6. The quantitative estimate of drug-likeness (QED) is 0.241. The lowest BCUT2D eigenvalue weighted by molar-refractivity contribution is -0.159. The minimum Gasteiger partial charge on any atom is -0.453 e. The molecule has 4 heterocycles. The Morgan fingerprint density at radius 3 is 2.15 bits per heavy atom. The Labute approximate surface area is 350 Å². The van der Waals surface area contributed by atoms with E-state index >= 15 is 4.39 Å². The van der Waals surface area contributed by atoms with E-state index in [9.17, 15) is 33.2 Å². The molecule has 0 radical (unpaired) electrons. The van der Waals surface area contributed by atoms with E-state index in [1.54, 1.807) is 27.9 Å². The Hall–Kier alpha value is -5.80. The highest BCUT2D eigenvalue weighted by molar-refractivity contribution is 6.13. The number of nitrogens with zero attached hydrogens (tertiary/aromatic N) is 5. The first-order valence-corrected chi connectivity index (χ1v) is 20.4. The number of likely N-dealkylation sites (tertiary alicyclic amines) is 2. The van der Waals surface area contributed by atoms with Crippen LogP contribution in [-0.2, 0) is 40.0 Å². The summed E-state index contributed by atoms with van der Waals surface area (Å²) >= 11 is 0. The summed E-state index contributed by atoms with van der Waals surface area (Å²) in [7, 11) is 1.63. The molecule has 6 rings (SSSR count). The molecule has 2 aromatic carbocycles. The maximum atomic E-state index is 15.0. The summed E-state index contributed by atoms with van der Waals surface area (Å²) in [5.41, 5.74) is 0.981. The van der Waals surface area contributed by atoms with E-state index in [2.05, 4.69) is 5.32 Å². The summed E-state index contributed by atoms with van der Waals surface area (Å²) in [5, 5.41) is 3.38. The fraction of sp³-hybridized carbons (Fsp3) is 0.500. The number of esters is 1. The van der Waals surface area contributed by atoms with Crippen molar-refractivity contribution in [3.05, 3.63) is 89.6 Å². The maximum Gasteiger partial charge on any atom is 0.410 e. The first-order chi connectivity index (χ1) is 28.4. The molecular formula is C44H56F2N6O8. The summed E-state index contributed by atoms with van der Waals surface area (Å²) in [6.45, 7) is 11.2. The molecule has 1 N–H and O–H groups in total. The number of hydrogen-bond donors (Lipinski definition) is 1. The number of imide groups is 1. The zero-order chi connectivity index (χ0) is 43.7. The van der Waals surface area contributed by atoms with Crippen LogP contribution in [0.5, 0.6) is 0 Å². The summed E-state index contributed by atoms with van der Waals surface area (Å²) < 4.78 is 39.8. The molecular weight excluding hydrogens is 779 g/mol. The van der Waals surface area contributed by atoms with E-state index in [0.717, 1.165) is 54.6 Å². The van der Waals surface area contributed by atoms with Gasteiger partial charge < -0.3 is 34.4 Å². The van der Waals surface area contributed by atoms with Gasteiger partial charge in [0, 0.05) is 83.6 Å². The van der Waals surface area contributed by atoms with Crippen molar-refractivity contribution in [2.45, 2.75) is 97.2 Å². The molecule has 2 unspecified atom stereocenters. The molecule has 0 aromatic heterocycles. The maximum absolute atomic E-state index is 15.0. The van der Waals surface area contributed by atoms with Gasteiger partial charge >= 0.3 is 12.1 Å². The van der Waals surface area contributed by atoms with Gasteiger partial charge in [-0.05, 0) is 83.1 Å². The van der Waals surface area contributed by atoms with Crippen molar-refractivity contribution in [2.24, 2.45) is 5.92 Å². The van der Waals surface area contributed by atoms with Crippen LogP contribution < -0.4 is 5.32 Å². The number of likely N-dealkylation sites (N-methyl/N-ethyl adjacent to an activating group) is 1. The van der Waals surface area contributed by atoms with Crippen molar-refractivity contribution >= 4 is 41.4 Å². The van der Waals surface area contributed by atoms with Crippen molar-refractivity contribution < 1.29 is 47.0 Å². The van der Waals surface area contributed by atoms with Gasteiger partial charge in [-0.2, -0.15) is 0 Å². The van der Waals surface area contributed by atoms with E-state index in [1.807, 2.05) is 56.0 Å². The number of amides is 5. The van der Waals surface area contributed by atoms with Gasteiger partial charge in [0.2, 0.25) is 5.91 Å². The van der Waals surface area contributed by atoms with E-state index in [4.69, 9.17) is 9.47 Å². The highest BCUT2D eigenvalue weighted by Crippen LogP contribution is 2.34. The summed E-state index contributed by atoms with van der Waals surface area (Å²) in [4.78, 5) is 81.7. The van der Waals surface area contributed by atoms with Crippen molar-refractivity contribution in [3.63, 3.8) is 0 Å². The first kappa shape index (κ1) is 45.3. The average Bonchev–Trinajstić information content (AvgIpc) is 3.96. The summed E-state index contributed by atoms with van der Waals surface area (Å²) in [6, 6.07) is 12.3. The second kappa shape index (κ2) is 20.0. The van der Waals surface area contributed by atoms with Crippen LogP contribution in [0.1, 0.15) is 77.8 Å². The molecule has 2 fully saturated rings. The zero-order valence-corrected chi connectivity index (χ0v) is 35.2. The standard InChI is InChI=1S/C35H39F2N5O6.C9H17NO2/c1-22(48-23(2)43)35(47)39(3)33(25-13-16-40(17-14-25)30(44)15-18-42-31(45)11-12-32(42)46)34-38-29(27-19-26(36)9-10-28(27)37)21-41(34)20-24-7-5-4-6-8-24;1-9(2,3)12-8(11)10-6-4-5-7-10/h4-12,19,21-22,25,33-34,38H,13-18,20H2,1-3H3;4-7H2,1-3H3/t22-,33?,34?;/m0./s1. The monoisotopic (exact) mass is 834 g/mol. The Kier molecular flexibility index (Phi) is 15.1. The second-order valence-corrected chi connectivity index (χ2v) is 16.4. The molecule has 0 aliphatic carbocycles. The zero-order valence-electron chi connectivity index (χ0n) is 35.2. The van der Waals surface area contributed by atoms with Gasteiger partial charge in [-0.3, -0.25) is 28.9 Å². The fourth-order valence-corrected chi connectivity index (χ4v) is 7.85. The highest BCUT2D eigenvalue weighted by atomic mass is 19.1. The molecule has 4 aliphatic rings. The molecule has 2 saturated heterocycles. The van der Waals surface area contributed by atoms with E-state index in [1.165, 1.54) is 26.0 Å². The second-order valence-electron chi connectivity index (χ2n) is 16.4. The topological polar surface area (TPSA) is 149 Å². The molecule has 324 valence electrons. The summed E-state index contributed by atoms with van der Waals surface area (Å²) in [5.74, 6) is -3.50. The van der Waals surface area contributed by atoms with Gasteiger partial charge in [-0.25, -0.2) is 13.6 Å². The molecule has 0 bridgehead atoms. The molecule has 5 amide bonds. The molecule has 60 heavy (non-hydrogen) atoms. The van der Waals surface area contributed by atoms with E-state index in [0.29, 0.717) is 38.2 Å². The Morgan fingerprint density at radius 1 is 0.917 bits per heavy atom. The van der Waals surface area contributed by atoms with Crippen LogP contribution in [0.3, 0.4) is 0 Å². The number of ether oxygens (including phenoxy) is 2. The highest BCUT2D eigenvalue weighted by Gasteiger charge is 2.43. The normalized spacial score (nSPS) is 19.0.